The largest absolute Gasteiger partial charge is 0.417 e. The molecule has 0 radical (unpaired) electrons. The number of β-lactam (4-membered cyclic amide) rings is 1. The first-order chi connectivity index (χ1) is 10.1. The molecule has 0 bridgehead atoms. The normalized spacial score (nSPS) is 30.0. The van der Waals surface area contributed by atoms with Crippen LogP contribution in [0.3, 0.4) is 0 Å². The van der Waals surface area contributed by atoms with Crippen molar-refractivity contribution in [2.24, 2.45) is 11.8 Å². The first kappa shape index (κ1) is 18.0. The predicted octanol–water partition coefficient (Wildman–Crippen LogP) is 2.84. The van der Waals surface area contributed by atoms with Crippen LogP contribution in [0, 0.1) is 11.8 Å². The van der Waals surface area contributed by atoms with Gasteiger partial charge in [-0.25, -0.2) is 0 Å². The van der Waals surface area contributed by atoms with Gasteiger partial charge in [-0.2, -0.15) is 11.8 Å². The van der Waals surface area contributed by atoms with Crippen molar-refractivity contribution in [1.29, 1.82) is 0 Å². The summed E-state index contributed by atoms with van der Waals surface area (Å²) in [5.74, 6) is 2.15. The standard InChI is InChI=1S/C16H29NO3SSi/c1-16(2,3)22(4,5)20-8-6-11-14(17-15(11)19)12-10-21-9-7-13(12)18/h11-12,14H,6-10H2,1-5H3,(H,17,19)/t11-,12-,14-/m0/s1. The van der Waals surface area contributed by atoms with Gasteiger partial charge in [-0.3, -0.25) is 9.59 Å². The van der Waals surface area contributed by atoms with Crippen LogP contribution in [0.2, 0.25) is 18.1 Å². The summed E-state index contributed by atoms with van der Waals surface area (Å²) in [4.78, 5) is 23.9. The van der Waals surface area contributed by atoms with E-state index in [4.69, 9.17) is 4.43 Å². The number of ketones is 1. The second-order valence-electron chi connectivity index (χ2n) is 7.94. The molecule has 0 spiro atoms. The summed E-state index contributed by atoms with van der Waals surface area (Å²) in [5, 5.41) is 3.14. The summed E-state index contributed by atoms with van der Waals surface area (Å²) >= 11 is 1.82. The zero-order valence-electron chi connectivity index (χ0n) is 14.4. The topological polar surface area (TPSA) is 55.4 Å². The van der Waals surface area contributed by atoms with Gasteiger partial charge in [-0.1, -0.05) is 20.8 Å². The first-order valence-electron chi connectivity index (χ1n) is 8.18. The summed E-state index contributed by atoms with van der Waals surface area (Å²) in [6, 6.07) is 0.0378. The quantitative estimate of drug-likeness (QED) is 0.616. The third-order valence-electron chi connectivity index (χ3n) is 5.41. The molecule has 2 fully saturated rings. The van der Waals surface area contributed by atoms with Crippen molar-refractivity contribution in [3.63, 3.8) is 0 Å². The smallest absolute Gasteiger partial charge is 0.225 e. The second kappa shape index (κ2) is 6.65. The van der Waals surface area contributed by atoms with E-state index in [0.29, 0.717) is 18.8 Å². The lowest BCUT2D eigenvalue weighted by atomic mass is 9.78. The highest BCUT2D eigenvalue weighted by molar-refractivity contribution is 7.99. The molecule has 0 saturated carbocycles. The van der Waals surface area contributed by atoms with Gasteiger partial charge in [0.05, 0.1) is 12.0 Å². The highest BCUT2D eigenvalue weighted by atomic mass is 32.2. The zero-order valence-corrected chi connectivity index (χ0v) is 16.2. The molecule has 4 nitrogen and oxygen atoms in total. The molecule has 0 unspecified atom stereocenters. The van der Waals surface area contributed by atoms with Crippen LogP contribution in [0.4, 0.5) is 0 Å². The van der Waals surface area contributed by atoms with Crippen LogP contribution in [0.25, 0.3) is 0 Å². The number of hydrogen-bond donors (Lipinski definition) is 1. The minimum atomic E-state index is -1.76. The van der Waals surface area contributed by atoms with Gasteiger partial charge in [0.15, 0.2) is 8.32 Å². The molecular weight excluding hydrogens is 314 g/mol. The molecule has 126 valence electrons. The van der Waals surface area contributed by atoms with Crippen LogP contribution in [0.5, 0.6) is 0 Å². The van der Waals surface area contributed by atoms with Gasteiger partial charge in [0.25, 0.3) is 0 Å². The Kier molecular flexibility index (Phi) is 5.45. The maximum atomic E-state index is 12.1. The fourth-order valence-corrected chi connectivity index (χ4v) is 4.97. The van der Waals surface area contributed by atoms with Crippen molar-refractivity contribution in [2.45, 2.75) is 57.8 Å². The number of carbonyl (C=O) groups is 2. The number of Topliss-reactive ketones (excluding diaryl/α,β-unsaturated/α-hetero) is 1. The summed E-state index contributed by atoms with van der Waals surface area (Å²) in [5.41, 5.74) is 0. The number of hydrogen-bond acceptors (Lipinski definition) is 4. The third-order valence-corrected chi connectivity index (χ3v) is 11.0. The van der Waals surface area contributed by atoms with Crippen molar-refractivity contribution >= 4 is 31.8 Å². The zero-order chi connectivity index (χ0) is 16.5. The monoisotopic (exact) mass is 343 g/mol. The van der Waals surface area contributed by atoms with Crippen molar-refractivity contribution in [3.05, 3.63) is 0 Å². The van der Waals surface area contributed by atoms with Gasteiger partial charge in [-0.15, -0.1) is 0 Å². The minimum absolute atomic E-state index is 0.00863. The number of amides is 1. The number of thioether (sulfide) groups is 1. The lowest BCUT2D eigenvalue weighted by molar-refractivity contribution is -0.140. The Morgan fingerprint density at radius 2 is 2.00 bits per heavy atom. The van der Waals surface area contributed by atoms with Gasteiger partial charge in [0.2, 0.25) is 5.91 Å². The van der Waals surface area contributed by atoms with E-state index in [1.54, 1.807) is 0 Å². The number of carbonyl (C=O) groups excluding carboxylic acids is 2. The molecule has 0 aromatic heterocycles. The van der Waals surface area contributed by atoms with E-state index in [2.05, 4.69) is 39.2 Å². The molecule has 0 aliphatic carbocycles. The van der Waals surface area contributed by atoms with Crippen LogP contribution in [-0.4, -0.2) is 44.2 Å². The molecule has 2 aliphatic rings. The van der Waals surface area contributed by atoms with Crippen molar-refractivity contribution in [1.82, 2.24) is 5.32 Å². The van der Waals surface area contributed by atoms with E-state index in [0.717, 1.165) is 17.9 Å². The molecule has 2 saturated heterocycles. The van der Waals surface area contributed by atoms with Gasteiger partial charge in [0, 0.05) is 30.5 Å². The Balaban J connectivity index is 1.86. The summed E-state index contributed by atoms with van der Waals surface area (Å²) < 4.78 is 6.18. The average Bonchev–Trinajstić information content (AvgIpc) is 2.40. The van der Waals surface area contributed by atoms with Crippen LogP contribution in [-0.2, 0) is 14.0 Å². The predicted molar refractivity (Wildman–Crippen MR) is 93.6 cm³/mol. The molecular formula is C16H29NO3SSi. The summed E-state index contributed by atoms with van der Waals surface area (Å²) in [7, 11) is -1.76. The molecule has 0 aromatic carbocycles. The maximum Gasteiger partial charge on any atom is 0.225 e. The van der Waals surface area contributed by atoms with Gasteiger partial charge >= 0.3 is 0 Å². The molecule has 6 heteroatoms. The molecule has 1 N–H and O–H groups in total. The van der Waals surface area contributed by atoms with E-state index in [1.807, 2.05) is 11.8 Å². The Morgan fingerprint density at radius 1 is 1.32 bits per heavy atom. The maximum absolute atomic E-state index is 12.1. The fraction of sp³-hybridized carbons (Fsp3) is 0.875. The summed E-state index contributed by atoms with van der Waals surface area (Å²) in [6.45, 7) is 11.7. The number of nitrogens with one attached hydrogen (secondary N) is 1. The molecule has 3 atom stereocenters. The lowest BCUT2D eigenvalue weighted by Gasteiger charge is -2.43. The Labute approximate surface area is 139 Å². The highest BCUT2D eigenvalue weighted by Crippen LogP contribution is 2.37. The first-order valence-corrected chi connectivity index (χ1v) is 12.2. The van der Waals surface area contributed by atoms with Gasteiger partial charge < -0.3 is 9.74 Å². The van der Waals surface area contributed by atoms with Gasteiger partial charge in [-0.05, 0) is 24.6 Å². The van der Waals surface area contributed by atoms with E-state index in [-0.39, 0.29) is 28.8 Å². The van der Waals surface area contributed by atoms with Crippen LogP contribution in [0.1, 0.15) is 33.6 Å². The molecule has 2 heterocycles. The van der Waals surface area contributed by atoms with E-state index < -0.39 is 8.32 Å². The van der Waals surface area contributed by atoms with Crippen LogP contribution in [0.15, 0.2) is 0 Å². The second-order valence-corrected chi connectivity index (χ2v) is 13.9. The van der Waals surface area contributed by atoms with Crippen molar-refractivity contribution < 1.29 is 14.0 Å². The van der Waals surface area contributed by atoms with E-state index >= 15 is 0 Å². The van der Waals surface area contributed by atoms with E-state index in [1.165, 1.54) is 0 Å². The lowest BCUT2D eigenvalue weighted by Crippen LogP contribution is -2.64. The molecule has 2 aliphatic heterocycles. The fourth-order valence-electron chi connectivity index (χ4n) is 2.75. The SMILES string of the molecule is CC(C)(C)[Si](C)(C)OCC[C@@H]1C(=O)N[C@@H]1[C@H]1CSCCC1=O. The molecule has 1 amide bonds. The van der Waals surface area contributed by atoms with E-state index in [9.17, 15) is 9.59 Å². The molecule has 2 rings (SSSR count). The average molecular weight is 344 g/mol. The minimum Gasteiger partial charge on any atom is -0.417 e. The van der Waals surface area contributed by atoms with Crippen LogP contribution >= 0.6 is 11.8 Å². The third kappa shape index (κ3) is 3.76. The molecule has 22 heavy (non-hydrogen) atoms. The van der Waals surface area contributed by atoms with Gasteiger partial charge in [0.1, 0.15) is 5.78 Å². The Bertz CT molecular complexity index is 447. The number of rotatable bonds is 5. The Hall–Kier alpha value is -0.333. The van der Waals surface area contributed by atoms with Crippen LogP contribution < -0.4 is 5.32 Å². The van der Waals surface area contributed by atoms with Crippen molar-refractivity contribution in [3.8, 4) is 0 Å². The Morgan fingerprint density at radius 3 is 2.55 bits per heavy atom. The summed E-state index contributed by atoms with van der Waals surface area (Å²) in [6.07, 6.45) is 1.38. The highest BCUT2D eigenvalue weighted by Gasteiger charge is 2.47. The molecule has 0 aromatic rings. The van der Waals surface area contributed by atoms with Crippen molar-refractivity contribution in [2.75, 3.05) is 18.1 Å².